The molecule has 6 heteroatoms. The Bertz CT molecular complexity index is 808. The number of methoxy groups -OCH3 is 1. The van der Waals surface area contributed by atoms with Gasteiger partial charge in [-0.2, -0.15) is 0 Å². The Kier molecular flexibility index (Phi) is 5.95. The summed E-state index contributed by atoms with van der Waals surface area (Å²) < 4.78 is 24.3. The summed E-state index contributed by atoms with van der Waals surface area (Å²) in [5, 5.41) is 3.12. The standard InChI is InChI=1S/C21H24FNO3S/c1-21(2)11-18(17-10-16(25-3)8-9-19(17)26-21)23-20(24)13-27-12-14-4-6-15(22)7-5-14/h4-10,18H,11-13H2,1-3H3,(H,23,24)/t18-/m0/s1. The Hall–Kier alpha value is -2.21. The predicted molar refractivity (Wildman–Crippen MR) is 106 cm³/mol. The number of fused-ring (bicyclic) bond motifs is 1. The maximum atomic E-state index is 12.9. The summed E-state index contributed by atoms with van der Waals surface area (Å²) in [7, 11) is 1.62. The van der Waals surface area contributed by atoms with Gasteiger partial charge in [-0.25, -0.2) is 4.39 Å². The van der Waals surface area contributed by atoms with Crippen LogP contribution >= 0.6 is 11.8 Å². The van der Waals surface area contributed by atoms with Gasteiger partial charge in [0, 0.05) is 17.7 Å². The lowest BCUT2D eigenvalue weighted by Crippen LogP contribution is -2.41. The van der Waals surface area contributed by atoms with E-state index in [1.165, 1.54) is 23.9 Å². The second kappa shape index (κ2) is 8.21. The molecule has 0 fully saturated rings. The molecule has 0 unspecified atom stereocenters. The third-order valence-corrected chi connectivity index (χ3v) is 5.43. The molecule has 0 saturated heterocycles. The molecule has 1 atom stereocenters. The fourth-order valence-electron chi connectivity index (χ4n) is 3.17. The zero-order chi connectivity index (χ0) is 19.4. The van der Waals surface area contributed by atoms with Gasteiger partial charge < -0.3 is 14.8 Å². The van der Waals surface area contributed by atoms with Crippen molar-refractivity contribution in [2.24, 2.45) is 0 Å². The van der Waals surface area contributed by atoms with Gasteiger partial charge in [-0.15, -0.1) is 11.8 Å². The molecular weight excluding hydrogens is 365 g/mol. The van der Waals surface area contributed by atoms with Crippen LogP contribution < -0.4 is 14.8 Å². The molecular formula is C21H24FNO3S. The van der Waals surface area contributed by atoms with Gasteiger partial charge in [0.1, 0.15) is 22.9 Å². The third-order valence-electron chi connectivity index (χ3n) is 4.42. The van der Waals surface area contributed by atoms with E-state index < -0.39 is 0 Å². The molecule has 2 aromatic carbocycles. The largest absolute Gasteiger partial charge is 0.497 e. The van der Waals surface area contributed by atoms with E-state index in [1.807, 2.05) is 32.0 Å². The highest BCUT2D eigenvalue weighted by atomic mass is 32.2. The quantitative estimate of drug-likeness (QED) is 0.791. The van der Waals surface area contributed by atoms with Crippen LogP contribution in [0, 0.1) is 5.82 Å². The zero-order valence-electron chi connectivity index (χ0n) is 15.8. The number of nitrogens with one attached hydrogen (secondary N) is 1. The molecule has 0 aliphatic carbocycles. The van der Waals surface area contributed by atoms with Crippen LogP contribution in [0.3, 0.4) is 0 Å². The number of hydrogen-bond donors (Lipinski definition) is 1. The van der Waals surface area contributed by atoms with Gasteiger partial charge in [0.25, 0.3) is 0 Å². The molecule has 0 saturated carbocycles. The third kappa shape index (κ3) is 5.16. The second-order valence-electron chi connectivity index (χ2n) is 7.21. The van der Waals surface area contributed by atoms with Gasteiger partial charge in [0.2, 0.25) is 5.91 Å². The molecule has 2 aromatic rings. The van der Waals surface area contributed by atoms with Gasteiger partial charge in [0.15, 0.2) is 0 Å². The van der Waals surface area contributed by atoms with Crippen molar-refractivity contribution in [1.29, 1.82) is 0 Å². The van der Waals surface area contributed by atoms with Gasteiger partial charge >= 0.3 is 0 Å². The zero-order valence-corrected chi connectivity index (χ0v) is 16.6. The van der Waals surface area contributed by atoms with Crippen molar-refractivity contribution in [2.45, 2.75) is 37.7 Å². The van der Waals surface area contributed by atoms with Crippen LogP contribution in [0.4, 0.5) is 4.39 Å². The van der Waals surface area contributed by atoms with Crippen LogP contribution in [0.25, 0.3) is 0 Å². The number of halogens is 1. The summed E-state index contributed by atoms with van der Waals surface area (Å²) in [5.74, 6) is 2.24. The Morgan fingerprint density at radius 3 is 2.74 bits per heavy atom. The monoisotopic (exact) mass is 389 g/mol. The molecule has 0 aromatic heterocycles. The molecule has 3 rings (SSSR count). The van der Waals surface area contributed by atoms with E-state index in [1.54, 1.807) is 19.2 Å². The first-order chi connectivity index (χ1) is 12.9. The minimum Gasteiger partial charge on any atom is -0.497 e. The number of benzene rings is 2. The fourth-order valence-corrected chi connectivity index (χ4v) is 3.97. The molecule has 1 aliphatic heterocycles. The molecule has 0 bridgehead atoms. The molecule has 1 aliphatic rings. The minimum absolute atomic E-state index is 0.0291. The van der Waals surface area contributed by atoms with Crippen LogP contribution in [-0.2, 0) is 10.5 Å². The summed E-state index contributed by atoms with van der Waals surface area (Å²) in [6.07, 6.45) is 0.682. The van der Waals surface area contributed by atoms with Crippen molar-refractivity contribution >= 4 is 17.7 Å². The Morgan fingerprint density at radius 2 is 2.04 bits per heavy atom. The summed E-state index contributed by atoms with van der Waals surface area (Å²) >= 11 is 1.51. The Balaban J connectivity index is 1.62. The number of thioether (sulfide) groups is 1. The van der Waals surface area contributed by atoms with Gasteiger partial charge in [-0.1, -0.05) is 12.1 Å². The number of rotatable bonds is 6. The van der Waals surface area contributed by atoms with E-state index in [4.69, 9.17) is 9.47 Å². The first kappa shape index (κ1) is 19.5. The number of carbonyl (C=O) groups is 1. The maximum Gasteiger partial charge on any atom is 0.230 e. The molecule has 1 heterocycles. The lowest BCUT2D eigenvalue weighted by Gasteiger charge is -2.38. The number of ether oxygens (including phenoxy) is 2. The summed E-state index contributed by atoms with van der Waals surface area (Å²) in [6.45, 7) is 4.03. The van der Waals surface area contributed by atoms with Gasteiger partial charge in [0.05, 0.1) is 18.9 Å². The van der Waals surface area contributed by atoms with Crippen molar-refractivity contribution in [3.05, 3.63) is 59.4 Å². The SMILES string of the molecule is COc1ccc2c(c1)[C@@H](NC(=O)CSCc1ccc(F)cc1)CC(C)(C)O2. The smallest absolute Gasteiger partial charge is 0.230 e. The van der Waals surface area contributed by atoms with E-state index in [0.717, 1.165) is 22.6 Å². The minimum atomic E-state index is -0.360. The predicted octanol–water partition coefficient (Wildman–Crippen LogP) is 4.49. The normalized spacial score (nSPS) is 17.6. The Morgan fingerprint density at radius 1 is 1.30 bits per heavy atom. The van der Waals surface area contributed by atoms with Crippen LogP contribution in [0.15, 0.2) is 42.5 Å². The van der Waals surface area contributed by atoms with E-state index in [2.05, 4.69) is 5.32 Å². The first-order valence-corrected chi connectivity index (χ1v) is 10.0. The summed E-state index contributed by atoms with van der Waals surface area (Å²) in [6, 6.07) is 11.9. The summed E-state index contributed by atoms with van der Waals surface area (Å²) in [5.41, 5.74) is 1.57. The van der Waals surface area contributed by atoms with Crippen LogP contribution in [-0.4, -0.2) is 24.4 Å². The highest BCUT2D eigenvalue weighted by Crippen LogP contribution is 2.41. The molecule has 1 amide bonds. The maximum absolute atomic E-state index is 12.9. The van der Waals surface area contributed by atoms with E-state index >= 15 is 0 Å². The van der Waals surface area contributed by atoms with E-state index in [9.17, 15) is 9.18 Å². The van der Waals surface area contributed by atoms with Crippen molar-refractivity contribution in [1.82, 2.24) is 5.32 Å². The first-order valence-electron chi connectivity index (χ1n) is 8.85. The molecule has 27 heavy (non-hydrogen) atoms. The average Bonchev–Trinajstić information content (AvgIpc) is 2.62. The highest BCUT2D eigenvalue weighted by molar-refractivity contribution is 7.99. The summed E-state index contributed by atoms with van der Waals surface area (Å²) in [4.78, 5) is 12.5. The van der Waals surface area contributed by atoms with Gasteiger partial charge in [-0.3, -0.25) is 4.79 Å². The van der Waals surface area contributed by atoms with E-state index in [0.29, 0.717) is 17.9 Å². The highest BCUT2D eigenvalue weighted by Gasteiger charge is 2.34. The number of hydrogen-bond acceptors (Lipinski definition) is 4. The van der Waals surface area contributed by atoms with E-state index in [-0.39, 0.29) is 23.4 Å². The second-order valence-corrected chi connectivity index (χ2v) is 8.19. The molecule has 4 nitrogen and oxygen atoms in total. The topological polar surface area (TPSA) is 47.6 Å². The molecule has 0 radical (unpaired) electrons. The molecule has 1 N–H and O–H groups in total. The van der Waals surface area contributed by atoms with Crippen molar-refractivity contribution in [3.8, 4) is 11.5 Å². The van der Waals surface area contributed by atoms with Crippen LogP contribution in [0.1, 0.15) is 37.4 Å². The average molecular weight is 389 g/mol. The van der Waals surface area contributed by atoms with Crippen molar-refractivity contribution in [3.63, 3.8) is 0 Å². The molecule has 0 spiro atoms. The van der Waals surface area contributed by atoms with Crippen LogP contribution in [0.5, 0.6) is 11.5 Å². The van der Waals surface area contributed by atoms with Crippen molar-refractivity contribution < 1.29 is 18.7 Å². The Labute approximate surface area is 163 Å². The lowest BCUT2D eigenvalue weighted by molar-refractivity contribution is -0.119. The van der Waals surface area contributed by atoms with Gasteiger partial charge in [-0.05, 0) is 49.7 Å². The number of amides is 1. The number of carbonyl (C=O) groups excluding carboxylic acids is 1. The molecule has 144 valence electrons. The lowest BCUT2D eigenvalue weighted by atomic mass is 9.89. The van der Waals surface area contributed by atoms with Crippen molar-refractivity contribution in [2.75, 3.05) is 12.9 Å². The fraction of sp³-hybridized carbons (Fsp3) is 0.381. The van der Waals surface area contributed by atoms with Crippen LogP contribution in [0.2, 0.25) is 0 Å².